The van der Waals surface area contributed by atoms with Crippen molar-refractivity contribution in [2.45, 2.75) is 31.3 Å². The van der Waals surface area contributed by atoms with Crippen LogP contribution in [0.1, 0.15) is 19.3 Å². The number of carboxylic acid groups (broad SMARTS) is 1. The standard InChI is InChI=1S/C8H13BNO3/c1-2-10-7-4-3-6(13-9-7)5-8(11)12/h2,6-7,10H,1,3-5H2,(H,11,12). The highest BCUT2D eigenvalue weighted by Gasteiger charge is 2.23. The van der Waals surface area contributed by atoms with Gasteiger partial charge in [-0.05, 0) is 19.0 Å². The highest BCUT2D eigenvalue weighted by Crippen LogP contribution is 2.14. The highest BCUT2D eigenvalue weighted by molar-refractivity contribution is 6.30. The van der Waals surface area contributed by atoms with E-state index in [0.29, 0.717) is 0 Å². The summed E-state index contributed by atoms with van der Waals surface area (Å²) in [4.78, 5) is 10.3. The summed E-state index contributed by atoms with van der Waals surface area (Å²) < 4.78 is 5.24. The lowest BCUT2D eigenvalue weighted by Crippen LogP contribution is -2.40. The first-order valence-electron chi connectivity index (χ1n) is 4.30. The molecule has 0 aromatic carbocycles. The predicted molar refractivity (Wildman–Crippen MR) is 49.2 cm³/mol. The molecule has 1 radical (unpaired) electrons. The maximum Gasteiger partial charge on any atom is 0.316 e. The fourth-order valence-corrected chi connectivity index (χ4v) is 1.33. The van der Waals surface area contributed by atoms with Gasteiger partial charge in [0.2, 0.25) is 0 Å². The zero-order chi connectivity index (χ0) is 9.68. The molecule has 5 heteroatoms. The number of carbonyl (C=O) groups is 1. The predicted octanol–water partition coefficient (Wildman–Crippen LogP) is 0.318. The van der Waals surface area contributed by atoms with Crippen LogP contribution in [0.2, 0.25) is 0 Å². The molecule has 2 unspecified atom stereocenters. The van der Waals surface area contributed by atoms with Crippen molar-refractivity contribution in [3.8, 4) is 0 Å². The second-order valence-corrected chi connectivity index (χ2v) is 3.05. The van der Waals surface area contributed by atoms with Gasteiger partial charge >= 0.3 is 13.5 Å². The minimum absolute atomic E-state index is 0.0807. The number of hydrogen-bond acceptors (Lipinski definition) is 3. The van der Waals surface area contributed by atoms with E-state index in [1.54, 1.807) is 13.7 Å². The van der Waals surface area contributed by atoms with Gasteiger partial charge in [-0.15, -0.1) is 0 Å². The van der Waals surface area contributed by atoms with Crippen LogP contribution in [-0.4, -0.2) is 30.6 Å². The summed E-state index contributed by atoms with van der Waals surface area (Å²) in [6.45, 7) is 3.54. The van der Waals surface area contributed by atoms with Crippen molar-refractivity contribution in [1.82, 2.24) is 5.32 Å². The third-order valence-electron chi connectivity index (χ3n) is 1.97. The largest absolute Gasteiger partial charge is 0.481 e. The summed E-state index contributed by atoms with van der Waals surface area (Å²) in [5.41, 5.74) is 0. The van der Waals surface area contributed by atoms with Crippen LogP contribution in [0.25, 0.3) is 0 Å². The van der Waals surface area contributed by atoms with Crippen molar-refractivity contribution in [3.05, 3.63) is 12.8 Å². The Kier molecular flexibility index (Phi) is 3.83. The van der Waals surface area contributed by atoms with Crippen LogP contribution < -0.4 is 5.32 Å². The minimum atomic E-state index is -0.812. The number of aliphatic carboxylic acids is 1. The van der Waals surface area contributed by atoms with Crippen molar-refractivity contribution in [1.29, 1.82) is 0 Å². The van der Waals surface area contributed by atoms with Gasteiger partial charge in [-0.3, -0.25) is 4.79 Å². The zero-order valence-electron chi connectivity index (χ0n) is 7.40. The lowest BCUT2D eigenvalue weighted by atomic mass is 9.79. The van der Waals surface area contributed by atoms with E-state index < -0.39 is 5.97 Å². The van der Waals surface area contributed by atoms with Crippen molar-refractivity contribution in [3.63, 3.8) is 0 Å². The molecule has 1 aliphatic rings. The van der Waals surface area contributed by atoms with Crippen molar-refractivity contribution in [2.24, 2.45) is 0 Å². The van der Waals surface area contributed by atoms with Crippen LogP contribution in [0, 0.1) is 0 Å². The van der Waals surface area contributed by atoms with Gasteiger partial charge in [-0.2, -0.15) is 0 Å². The molecule has 1 saturated heterocycles. The lowest BCUT2D eigenvalue weighted by molar-refractivity contribution is -0.139. The van der Waals surface area contributed by atoms with E-state index in [2.05, 4.69) is 11.9 Å². The van der Waals surface area contributed by atoms with Crippen LogP contribution in [0.5, 0.6) is 0 Å². The van der Waals surface area contributed by atoms with E-state index in [9.17, 15) is 4.79 Å². The Morgan fingerprint density at radius 1 is 1.77 bits per heavy atom. The first-order valence-corrected chi connectivity index (χ1v) is 4.30. The van der Waals surface area contributed by atoms with Gasteiger partial charge in [0.15, 0.2) is 0 Å². The molecule has 0 aromatic rings. The molecule has 0 amide bonds. The van der Waals surface area contributed by atoms with Gasteiger partial charge in [0.05, 0.1) is 12.5 Å². The van der Waals surface area contributed by atoms with Gasteiger partial charge < -0.3 is 15.1 Å². The van der Waals surface area contributed by atoms with Crippen LogP contribution >= 0.6 is 0 Å². The van der Waals surface area contributed by atoms with Crippen LogP contribution in [0.4, 0.5) is 0 Å². The van der Waals surface area contributed by atoms with Gasteiger partial charge in [-0.25, -0.2) is 0 Å². The first kappa shape index (κ1) is 10.1. The second-order valence-electron chi connectivity index (χ2n) is 3.05. The van der Waals surface area contributed by atoms with Gasteiger partial charge in [0.25, 0.3) is 0 Å². The Bertz CT molecular complexity index is 190. The Balaban J connectivity index is 2.22. The van der Waals surface area contributed by atoms with Crippen molar-refractivity contribution in [2.75, 3.05) is 0 Å². The summed E-state index contributed by atoms with van der Waals surface area (Å²) in [6.07, 6.45) is 3.19. The summed E-state index contributed by atoms with van der Waals surface area (Å²) >= 11 is 0. The normalized spacial score (nSPS) is 27.4. The van der Waals surface area contributed by atoms with Gasteiger partial charge in [-0.1, -0.05) is 6.58 Å². The molecular formula is C8H13BNO3. The molecule has 0 bridgehead atoms. The Morgan fingerprint density at radius 3 is 3.00 bits per heavy atom. The summed E-state index contributed by atoms with van der Waals surface area (Å²) in [5, 5.41) is 11.5. The molecule has 13 heavy (non-hydrogen) atoms. The van der Waals surface area contributed by atoms with E-state index >= 15 is 0 Å². The van der Waals surface area contributed by atoms with E-state index in [1.165, 1.54) is 0 Å². The SMILES string of the molecule is C=CNC1[B]OC(CC(=O)O)CC1. The minimum Gasteiger partial charge on any atom is -0.481 e. The maximum absolute atomic E-state index is 10.3. The molecule has 2 atom stereocenters. The molecule has 1 aliphatic heterocycles. The smallest absolute Gasteiger partial charge is 0.316 e. The lowest BCUT2D eigenvalue weighted by Gasteiger charge is -2.27. The van der Waals surface area contributed by atoms with Crippen LogP contribution in [0.3, 0.4) is 0 Å². The van der Waals surface area contributed by atoms with E-state index in [1.807, 2.05) is 0 Å². The molecule has 71 valence electrons. The molecule has 0 aromatic heterocycles. The third-order valence-corrected chi connectivity index (χ3v) is 1.97. The van der Waals surface area contributed by atoms with Crippen LogP contribution in [0.15, 0.2) is 12.8 Å². The van der Waals surface area contributed by atoms with Crippen molar-refractivity contribution >= 4 is 13.5 Å². The topological polar surface area (TPSA) is 58.6 Å². The van der Waals surface area contributed by atoms with E-state index in [-0.39, 0.29) is 18.5 Å². The average molecular weight is 182 g/mol. The van der Waals surface area contributed by atoms with Crippen LogP contribution in [-0.2, 0) is 9.45 Å². The first-order chi connectivity index (χ1) is 6.22. The van der Waals surface area contributed by atoms with Gasteiger partial charge in [0.1, 0.15) is 0 Å². The Labute approximate surface area is 78.2 Å². The molecular weight excluding hydrogens is 169 g/mol. The monoisotopic (exact) mass is 182 g/mol. The third kappa shape index (κ3) is 3.50. The van der Waals surface area contributed by atoms with Crippen molar-refractivity contribution < 1.29 is 14.6 Å². The Hall–Kier alpha value is -0.965. The number of hydrogen-bond donors (Lipinski definition) is 2. The second kappa shape index (κ2) is 4.92. The molecule has 1 rings (SSSR count). The molecule has 1 heterocycles. The number of nitrogens with one attached hydrogen (secondary N) is 1. The number of carboxylic acids is 1. The van der Waals surface area contributed by atoms with Gasteiger partial charge in [0, 0.05) is 5.94 Å². The average Bonchev–Trinajstić information content (AvgIpc) is 2.08. The molecule has 0 spiro atoms. The quantitative estimate of drug-likeness (QED) is 0.614. The van der Waals surface area contributed by atoms with E-state index in [4.69, 9.17) is 9.76 Å². The summed E-state index contributed by atoms with van der Waals surface area (Å²) in [7, 11) is 1.65. The number of rotatable bonds is 4. The maximum atomic E-state index is 10.3. The molecule has 0 saturated carbocycles. The molecule has 0 aliphatic carbocycles. The summed E-state index contributed by atoms with van der Waals surface area (Å²) in [5.74, 6) is -0.643. The van der Waals surface area contributed by atoms with E-state index in [0.717, 1.165) is 12.8 Å². The molecule has 2 N–H and O–H groups in total. The molecule has 4 nitrogen and oxygen atoms in total. The highest BCUT2D eigenvalue weighted by atomic mass is 16.4. The summed E-state index contributed by atoms with van der Waals surface area (Å²) in [6, 6.07) is 0. The molecule has 1 fully saturated rings. The fraction of sp³-hybridized carbons (Fsp3) is 0.625. The Morgan fingerprint density at radius 2 is 2.54 bits per heavy atom. The zero-order valence-corrected chi connectivity index (χ0v) is 7.40. The fourth-order valence-electron chi connectivity index (χ4n) is 1.33.